The molecule has 3 N–H and O–H groups in total. The minimum Gasteiger partial charge on any atom is -0.383 e. The summed E-state index contributed by atoms with van der Waals surface area (Å²) in [6.45, 7) is 5.07. The molecule has 14 heavy (non-hydrogen) atoms. The molecule has 0 fully saturated rings. The van der Waals surface area contributed by atoms with Crippen LogP contribution in [-0.4, -0.2) is 12.1 Å². The molecule has 0 spiro atoms. The molecule has 2 nitrogen and oxygen atoms in total. The van der Waals surface area contributed by atoms with E-state index in [0.29, 0.717) is 0 Å². The summed E-state index contributed by atoms with van der Waals surface area (Å²) < 4.78 is 0. The third-order valence-corrected chi connectivity index (χ3v) is 2.29. The van der Waals surface area contributed by atoms with Crippen LogP contribution in [0.25, 0.3) is 0 Å². The zero-order chi connectivity index (χ0) is 10.4. The molecule has 0 aliphatic heterocycles. The van der Waals surface area contributed by atoms with Gasteiger partial charge in [-0.2, -0.15) is 0 Å². The minimum absolute atomic E-state index is 0.107. The first-order valence-electron chi connectivity index (χ1n) is 5.22. The molecule has 1 unspecified atom stereocenters. The number of rotatable bonds is 5. The van der Waals surface area contributed by atoms with Gasteiger partial charge in [0.15, 0.2) is 0 Å². The minimum atomic E-state index is -0.107. The number of nitrogens with two attached hydrogens (primary N) is 1. The zero-order valence-electron chi connectivity index (χ0n) is 9.09. The molecule has 1 atom stereocenters. The quantitative estimate of drug-likeness (QED) is 0.752. The van der Waals surface area contributed by atoms with E-state index in [1.165, 1.54) is 0 Å². The van der Waals surface area contributed by atoms with Crippen LogP contribution in [0.2, 0.25) is 0 Å². The molecular weight excluding hydrogens is 172 g/mol. The molecule has 0 saturated carbocycles. The summed E-state index contributed by atoms with van der Waals surface area (Å²) in [6, 6.07) is 10.2. The van der Waals surface area contributed by atoms with Crippen molar-refractivity contribution >= 4 is 5.69 Å². The molecule has 0 bridgehead atoms. The van der Waals surface area contributed by atoms with E-state index in [0.717, 1.165) is 25.1 Å². The van der Waals surface area contributed by atoms with E-state index in [1.807, 2.05) is 18.2 Å². The summed E-state index contributed by atoms with van der Waals surface area (Å²) in [7, 11) is 0. The Morgan fingerprint density at radius 3 is 2.50 bits per heavy atom. The molecule has 0 heterocycles. The predicted octanol–water partition coefficient (Wildman–Crippen LogP) is 2.62. The largest absolute Gasteiger partial charge is 0.383 e. The molecule has 2 heteroatoms. The lowest BCUT2D eigenvalue weighted by atomic mass is 9.97. The van der Waals surface area contributed by atoms with E-state index in [4.69, 9.17) is 5.73 Å². The van der Waals surface area contributed by atoms with Crippen molar-refractivity contribution in [2.24, 2.45) is 5.73 Å². The Bertz CT molecular complexity index is 254. The lowest BCUT2D eigenvalue weighted by molar-refractivity contribution is 0.450. The van der Waals surface area contributed by atoms with Crippen LogP contribution in [0.15, 0.2) is 30.3 Å². The Morgan fingerprint density at radius 1 is 1.29 bits per heavy atom. The average molecular weight is 192 g/mol. The first-order chi connectivity index (χ1) is 6.64. The second-order valence-corrected chi connectivity index (χ2v) is 4.12. The van der Waals surface area contributed by atoms with Crippen molar-refractivity contribution in [3.05, 3.63) is 30.3 Å². The van der Waals surface area contributed by atoms with Crippen molar-refractivity contribution in [3.63, 3.8) is 0 Å². The number of nitrogens with one attached hydrogen (secondary N) is 1. The molecule has 1 aromatic carbocycles. The van der Waals surface area contributed by atoms with E-state index in [2.05, 4.69) is 31.3 Å². The number of benzene rings is 1. The summed E-state index contributed by atoms with van der Waals surface area (Å²) >= 11 is 0. The van der Waals surface area contributed by atoms with Crippen molar-refractivity contribution in [1.82, 2.24) is 0 Å². The van der Waals surface area contributed by atoms with Crippen LogP contribution in [0, 0.1) is 0 Å². The third-order valence-electron chi connectivity index (χ3n) is 2.29. The van der Waals surface area contributed by atoms with E-state index in [9.17, 15) is 0 Å². The van der Waals surface area contributed by atoms with Gasteiger partial charge in [-0.3, -0.25) is 0 Å². The van der Waals surface area contributed by atoms with Crippen molar-refractivity contribution in [3.8, 4) is 0 Å². The maximum absolute atomic E-state index is 6.11. The summed E-state index contributed by atoms with van der Waals surface area (Å²) in [5.74, 6) is 0. The zero-order valence-corrected chi connectivity index (χ0v) is 9.09. The van der Waals surface area contributed by atoms with E-state index < -0.39 is 0 Å². The number of para-hydroxylation sites is 1. The molecule has 0 aliphatic carbocycles. The molecule has 78 valence electrons. The number of hydrogen-bond donors (Lipinski definition) is 2. The maximum atomic E-state index is 6.11. The first kappa shape index (κ1) is 11.1. The molecule has 0 saturated heterocycles. The smallest absolute Gasteiger partial charge is 0.0340 e. The van der Waals surface area contributed by atoms with Crippen molar-refractivity contribution < 1.29 is 0 Å². The monoisotopic (exact) mass is 192 g/mol. The van der Waals surface area contributed by atoms with E-state index >= 15 is 0 Å². The first-order valence-corrected chi connectivity index (χ1v) is 5.22. The van der Waals surface area contributed by atoms with Gasteiger partial charge in [-0.05, 0) is 25.5 Å². The molecular formula is C12H20N2. The van der Waals surface area contributed by atoms with Gasteiger partial charge in [0, 0.05) is 17.8 Å². The lowest BCUT2D eigenvalue weighted by Gasteiger charge is -2.24. The van der Waals surface area contributed by atoms with Gasteiger partial charge in [0.25, 0.3) is 0 Å². The van der Waals surface area contributed by atoms with Crippen molar-refractivity contribution in [2.45, 2.75) is 32.2 Å². The number of anilines is 1. The summed E-state index contributed by atoms with van der Waals surface area (Å²) in [6.07, 6.45) is 2.18. The van der Waals surface area contributed by atoms with Crippen molar-refractivity contribution in [1.29, 1.82) is 0 Å². The SMILES string of the molecule is CCCC(C)(N)CNc1ccccc1. The van der Waals surface area contributed by atoms with Gasteiger partial charge in [0.2, 0.25) is 0 Å². The van der Waals surface area contributed by atoms with Crippen LogP contribution in [0.3, 0.4) is 0 Å². The fraction of sp³-hybridized carbons (Fsp3) is 0.500. The Morgan fingerprint density at radius 2 is 1.93 bits per heavy atom. The van der Waals surface area contributed by atoms with Gasteiger partial charge < -0.3 is 11.1 Å². The van der Waals surface area contributed by atoms with Gasteiger partial charge in [0.05, 0.1) is 0 Å². The third kappa shape index (κ3) is 3.79. The fourth-order valence-electron chi connectivity index (χ4n) is 1.52. The maximum Gasteiger partial charge on any atom is 0.0340 e. The molecule has 0 aliphatic rings. The van der Waals surface area contributed by atoms with Crippen LogP contribution in [0.5, 0.6) is 0 Å². The standard InChI is InChI=1S/C12H20N2/c1-3-9-12(2,13)10-14-11-7-5-4-6-8-11/h4-8,14H,3,9-10,13H2,1-2H3. The second-order valence-electron chi connectivity index (χ2n) is 4.12. The fourth-order valence-corrected chi connectivity index (χ4v) is 1.52. The molecule has 0 radical (unpaired) electrons. The van der Waals surface area contributed by atoms with Gasteiger partial charge in [-0.15, -0.1) is 0 Å². The van der Waals surface area contributed by atoms with Crippen molar-refractivity contribution in [2.75, 3.05) is 11.9 Å². The Hall–Kier alpha value is -1.02. The highest BCUT2D eigenvalue weighted by Gasteiger charge is 2.16. The molecule has 0 amide bonds. The Balaban J connectivity index is 2.40. The highest BCUT2D eigenvalue weighted by molar-refractivity contribution is 5.42. The van der Waals surface area contributed by atoms with E-state index in [-0.39, 0.29) is 5.54 Å². The highest BCUT2D eigenvalue weighted by atomic mass is 14.9. The average Bonchev–Trinajstić information content (AvgIpc) is 2.17. The van der Waals surface area contributed by atoms with Crippen LogP contribution >= 0.6 is 0 Å². The summed E-state index contributed by atoms with van der Waals surface area (Å²) in [5.41, 5.74) is 7.15. The Kier molecular flexibility index (Phi) is 3.96. The lowest BCUT2D eigenvalue weighted by Crippen LogP contribution is -2.42. The topological polar surface area (TPSA) is 38.0 Å². The van der Waals surface area contributed by atoms with Gasteiger partial charge in [0.1, 0.15) is 0 Å². The van der Waals surface area contributed by atoms with Gasteiger partial charge >= 0.3 is 0 Å². The summed E-state index contributed by atoms with van der Waals surface area (Å²) in [4.78, 5) is 0. The molecule has 0 aromatic heterocycles. The van der Waals surface area contributed by atoms with Gasteiger partial charge in [-0.1, -0.05) is 31.5 Å². The van der Waals surface area contributed by atoms with Crippen LogP contribution in [0.4, 0.5) is 5.69 Å². The predicted molar refractivity (Wildman–Crippen MR) is 62.4 cm³/mol. The molecule has 1 aromatic rings. The normalized spacial score (nSPS) is 14.8. The number of hydrogen-bond acceptors (Lipinski definition) is 2. The molecule has 1 rings (SSSR count). The van der Waals surface area contributed by atoms with Crippen LogP contribution < -0.4 is 11.1 Å². The van der Waals surface area contributed by atoms with E-state index in [1.54, 1.807) is 0 Å². The van der Waals surface area contributed by atoms with Crippen LogP contribution in [0.1, 0.15) is 26.7 Å². The van der Waals surface area contributed by atoms with Gasteiger partial charge in [-0.25, -0.2) is 0 Å². The second kappa shape index (κ2) is 5.01. The Labute approximate surface area is 86.5 Å². The highest BCUT2D eigenvalue weighted by Crippen LogP contribution is 2.11. The summed E-state index contributed by atoms with van der Waals surface area (Å²) in [5, 5.41) is 3.34. The van der Waals surface area contributed by atoms with Crippen LogP contribution in [-0.2, 0) is 0 Å².